The molecule has 78 valence electrons. The van der Waals surface area contributed by atoms with E-state index in [-0.39, 0.29) is 0 Å². The van der Waals surface area contributed by atoms with Gasteiger partial charge in [0.25, 0.3) is 0 Å². The molecule has 1 rings (SSSR count). The van der Waals surface area contributed by atoms with Crippen molar-refractivity contribution >= 4 is 0 Å². The minimum Gasteiger partial charge on any atom is -0.261 e. The second-order valence-corrected chi connectivity index (χ2v) is 3.45. The Kier molecular flexibility index (Phi) is 3.49. The lowest BCUT2D eigenvalue weighted by Gasteiger charge is -2.12. The van der Waals surface area contributed by atoms with Crippen molar-refractivity contribution in [1.29, 1.82) is 0 Å². The molecule has 1 nitrogen and oxygen atoms in total. The zero-order chi connectivity index (χ0) is 10.6. The smallest absolute Gasteiger partial charge is 0.261 e. The van der Waals surface area contributed by atoms with Gasteiger partial charge in [-0.15, -0.1) is 0 Å². The SMILES string of the molecule is CC(Cc1ccccn1)CC(F)(F)F. The summed E-state index contributed by atoms with van der Waals surface area (Å²) in [6.07, 6.45) is -2.85. The molecule has 0 saturated carbocycles. The van der Waals surface area contributed by atoms with Gasteiger partial charge in [-0.05, 0) is 24.5 Å². The summed E-state index contributed by atoms with van der Waals surface area (Å²) in [6.45, 7) is 1.59. The molecule has 1 aromatic heterocycles. The molecule has 1 unspecified atom stereocenters. The molecule has 0 amide bonds. The molecule has 0 N–H and O–H groups in total. The molecule has 0 aliphatic rings. The fourth-order valence-corrected chi connectivity index (χ4v) is 1.34. The lowest BCUT2D eigenvalue weighted by Crippen LogP contribution is -2.15. The van der Waals surface area contributed by atoms with Gasteiger partial charge in [-0.3, -0.25) is 4.98 Å². The van der Waals surface area contributed by atoms with Crippen LogP contribution in [0.4, 0.5) is 13.2 Å². The van der Waals surface area contributed by atoms with Crippen molar-refractivity contribution in [3.63, 3.8) is 0 Å². The number of hydrogen-bond donors (Lipinski definition) is 0. The highest BCUT2D eigenvalue weighted by molar-refractivity contribution is 5.04. The first-order valence-electron chi connectivity index (χ1n) is 4.44. The normalized spacial score (nSPS) is 14.0. The highest BCUT2D eigenvalue weighted by Gasteiger charge is 2.29. The van der Waals surface area contributed by atoms with E-state index in [0.717, 1.165) is 0 Å². The monoisotopic (exact) mass is 203 g/mol. The van der Waals surface area contributed by atoms with Gasteiger partial charge in [-0.1, -0.05) is 13.0 Å². The molecule has 0 saturated heterocycles. The molecule has 4 heteroatoms. The maximum atomic E-state index is 12.0. The van der Waals surface area contributed by atoms with Crippen molar-refractivity contribution in [2.45, 2.75) is 25.9 Å². The third-order valence-electron chi connectivity index (χ3n) is 1.86. The average Bonchev–Trinajstić information content (AvgIpc) is 2.02. The van der Waals surface area contributed by atoms with E-state index in [4.69, 9.17) is 0 Å². The Morgan fingerprint density at radius 2 is 2.07 bits per heavy atom. The molecule has 0 fully saturated rings. The molecule has 0 bridgehead atoms. The Morgan fingerprint density at radius 1 is 1.36 bits per heavy atom. The van der Waals surface area contributed by atoms with Gasteiger partial charge in [-0.25, -0.2) is 0 Å². The minimum atomic E-state index is -4.08. The number of halogens is 3. The first-order chi connectivity index (χ1) is 6.47. The van der Waals surface area contributed by atoms with E-state index < -0.39 is 18.5 Å². The van der Waals surface area contributed by atoms with Gasteiger partial charge in [0.1, 0.15) is 0 Å². The van der Waals surface area contributed by atoms with Crippen LogP contribution in [0.1, 0.15) is 19.0 Å². The van der Waals surface area contributed by atoms with Gasteiger partial charge < -0.3 is 0 Å². The Morgan fingerprint density at radius 3 is 2.57 bits per heavy atom. The van der Waals surface area contributed by atoms with Crippen LogP contribution in [0.15, 0.2) is 24.4 Å². The van der Waals surface area contributed by atoms with Crippen LogP contribution < -0.4 is 0 Å². The van der Waals surface area contributed by atoms with E-state index in [1.165, 1.54) is 0 Å². The number of rotatable bonds is 3. The average molecular weight is 203 g/mol. The fourth-order valence-electron chi connectivity index (χ4n) is 1.34. The van der Waals surface area contributed by atoms with Crippen LogP contribution in [0.2, 0.25) is 0 Å². The van der Waals surface area contributed by atoms with Gasteiger partial charge in [0, 0.05) is 18.3 Å². The third-order valence-corrected chi connectivity index (χ3v) is 1.86. The number of aromatic nitrogens is 1. The molecular weight excluding hydrogens is 191 g/mol. The molecule has 0 aliphatic heterocycles. The second-order valence-electron chi connectivity index (χ2n) is 3.45. The van der Waals surface area contributed by atoms with Crippen LogP contribution in [-0.2, 0) is 6.42 Å². The summed E-state index contributed by atoms with van der Waals surface area (Å²) in [6, 6.07) is 5.27. The molecule has 14 heavy (non-hydrogen) atoms. The predicted octanol–water partition coefficient (Wildman–Crippen LogP) is 3.21. The summed E-state index contributed by atoms with van der Waals surface area (Å²) in [4.78, 5) is 3.98. The first-order valence-corrected chi connectivity index (χ1v) is 4.44. The maximum Gasteiger partial charge on any atom is 0.389 e. The van der Waals surface area contributed by atoms with Gasteiger partial charge in [0.15, 0.2) is 0 Å². The first kappa shape index (κ1) is 11.0. The van der Waals surface area contributed by atoms with Gasteiger partial charge >= 0.3 is 6.18 Å². The van der Waals surface area contributed by atoms with Crippen molar-refractivity contribution in [2.75, 3.05) is 0 Å². The summed E-state index contributed by atoms with van der Waals surface area (Å²) in [7, 11) is 0. The summed E-state index contributed by atoms with van der Waals surface area (Å²) < 4.78 is 36.0. The van der Waals surface area contributed by atoms with E-state index in [1.807, 2.05) is 0 Å². The fraction of sp³-hybridized carbons (Fsp3) is 0.500. The van der Waals surface area contributed by atoms with Crippen molar-refractivity contribution < 1.29 is 13.2 Å². The summed E-state index contributed by atoms with van der Waals surface area (Å²) in [5.41, 5.74) is 0.712. The minimum absolute atomic E-state index is 0.375. The summed E-state index contributed by atoms with van der Waals surface area (Å²) in [5, 5.41) is 0. The Hall–Kier alpha value is -1.06. The summed E-state index contributed by atoms with van der Waals surface area (Å²) in [5.74, 6) is -0.412. The van der Waals surface area contributed by atoms with Crippen LogP contribution in [0.3, 0.4) is 0 Å². The predicted molar refractivity (Wildman–Crippen MR) is 47.8 cm³/mol. The molecule has 1 heterocycles. The van der Waals surface area contributed by atoms with Crippen LogP contribution in [0.25, 0.3) is 0 Å². The van der Waals surface area contributed by atoms with E-state index in [9.17, 15) is 13.2 Å². The lowest BCUT2D eigenvalue weighted by molar-refractivity contribution is -0.143. The van der Waals surface area contributed by atoms with Crippen molar-refractivity contribution in [3.8, 4) is 0 Å². The lowest BCUT2D eigenvalue weighted by atomic mass is 10.0. The van der Waals surface area contributed by atoms with Crippen molar-refractivity contribution in [2.24, 2.45) is 5.92 Å². The highest BCUT2D eigenvalue weighted by Crippen LogP contribution is 2.26. The third kappa shape index (κ3) is 4.25. The van der Waals surface area contributed by atoms with E-state index >= 15 is 0 Å². The van der Waals surface area contributed by atoms with E-state index in [2.05, 4.69) is 4.98 Å². The standard InChI is InChI=1S/C10H12F3N/c1-8(7-10(11,12)13)6-9-4-2-3-5-14-9/h2-5,8H,6-7H2,1H3. The zero-order valence-electron chi connectivity index (χ0n) is 7.88. The number of pyridine rings is 1. The largest absolute Gasteiger partial charge is 0.389 e. The van der Waals surface area contributed by atoms with Crippen molar-refractivity contribution in [1.82, 2.24) is 4.98 Å². The van der Waals surface area contributed by atoms with Crippen LogP contribution >= 0.6 is 0 Å². The van der Waals surface area contributed by atoms with Crippen LogP contribution in [0, 0.1) is 5.92 Å². The Bertz CT molecular complexity index is 268. The highest BCUT2D eigenvalue weighted by atomic mass is 19.4. The second kappa shape index (κ2) is 4.44. The molecular formula is C10H12F3N. The van der Waals surface area contributed by atoms with E-state index in [1.54, 1.807) is 31.3 Å². The van der Waals surface area contributed by atoms with Crippen LogP contribution in [-0.4, -0.2) is 11.2 Å². The quantitative estimate of drug-likeness (QED) is 0.735. The molecule has 1 aromatic rings. The van der Waals surface area contributed by atoms with Gasteiger partial charge in [-0.2, -0.15) is 13.2 Å². The maximum absolute atomic E-state index is 12.0. The van der Waals surface area contributed by atoms with Gasteiger partial charge in [0.05, 0.1) is 0 Å². The Balaban J connectivity index is 2.46. The van der Waals surface area contributed by atoms with Gasteiger partial charge in [0.2, 0.25) is 0 Å². The Labute approximate surface area is 81.0 Å². The molecule has 1 atom stereocenters. The summed E-state index contributed by atoms with van der Waals surface area (Å²) >= 11 is 0. The zero-order valence-corrected chi connectivity index (χ0v) is 7.88. The molecule has 0 aliphatic carbocycles. The molecule has 0 radical (unpaired) electrons. The number of hydrogen-bond acceptors (Lipinski definition) is 1. The number of nitrogens with zero attached hydrogens (tertiary/aromatic N) is 1. The molecule has 0 spiro atoms. The number of alkyl halides is 3. The molecule has 0 aromatic carbocycles. The van der Waals surface area contributed by atoms with E-state index in [0.29, 0.717) is 12.1 Å². The topological polar surface area (TPSA) is 12.9 Å². The van der Waals surface area contributed by atoms with Crippen molar-refractivity contribution in [3.05, 3.63) is 30.1 Å². The van der Waals surface area contributed by atoms with Crippen LogP contribution in [0.5, 0.6) is 0 Å².